The van der Waals surface area contributed by atoms with Gasteiger partial charge in [0, 0.05) is 32.7 Å². The molecule has 41 valence electrons. The summed E-state index contributed by atoms with van der Waals surface area (Å²) >= 11 is 0. The van der Waals surface area contributed by atoms with Crippen molar-refractivity contribution in [1.82, 2.24) is 0 Å². The van der Waals surface area contributed by atoms with E-state index in [2.05, 4.69) is 27.2 Å². The summed E-state index contributed by atoms with van der Waals surface area (Å²) in [6.45, 7) is 6.56. The van der Waals surface area contributed by atoms with Crippen molar-refractivity contribution in [3.05, 3.63) is 6.42 Å². The van der Waals surface area contributed by atoms with Crippen molar-refractivity contribution >= 4 is 0 Å². The fourth-order valence-corrected chi connectivity index (χ4v) is 0.471. The molecule has 7 heavy (non-hydrogen) atoms. The van der Waals surface area contributed by atoms with Crippen molar-refractivity contribution in [1.29, 1.82) is 0 Å². The Bertz CT molecular complexity index is 25.4. The Morgan fingerprint density at radius 2 is 1.86 bits per heavy atom. The standard InChI is InChI=1S/C6H13.Y/c1-4-5-6(2)3;/h5-6H,4H2,1-3H3;/q-1;. The first-order chi connectivity index (χ1) is 2.77. The van der Waals surface area contributed by atoms with E-state index in [1.54, 1.807) is 0 Å². The third-order valence-corrected chi connectivity index (χ3v) is 0.707. The van der Waals surface area contributed by atoms with Crippen molar-refractivity contribution in [3.8, 4) is 0 Å². The molecule has 0 aliphatic rings. The van der Waals surface area contributed by atoms with Gasteiger partial charge in [-0.3, -0.25) is 0 Å². The fourth-order valence-electron chi connectivity index (χ4n) is 0.471. The molecule has 0 nitrogen and oxygen atoms in total. The zero-order chi connectivity index (χ0) is 4.99. The Balaban J connectivity index is 0. The topological polar surface area (TPSA) is 0 Å². The monoisotopic (exact) mass is 174 g/mol. The molecule has 0 N–H and O–H groups in total. The molecule has 0 aliphatic carbocycles. The summed E-state index contributed by atoms with van der Waals surface area (Å²) in [6, 6.07) is 0. The molecule has 0 heterocycles. The molecule has 0 bridgehead atoms. The minimum Gasteiger partial charge on any atom is -0.326 e. The molecule has 0 aromatic rings. The van der Waals surface area contributed by atoms with E-state index in [9.17, 15) is 0 Å². The van der Waals surface area contributed by atoms with Crippen LogP contribution in [0.3, 0.4) is 0 Å². The maximum atomic E-state index is 2.29. The van der Waals surface area contributed by atoms with Crippen LogP contribution in [0, 0.1) is 12.3 Å². The maximum Gasteiger partial charge on any atom is 0 e. The first kappa shape index (κ1) is 11.0. The Morgan fingerprint density at radius 1 is 1.43 bits per heavy atom. The molecule has 0 saturated heterocycles. The molecule has 0 fully saturated rings. The van der Waals surface area contributed by atoms with Gasteiger partial charge in [-0.1, -0.05) is 20.8 Å². The van der Waals surface area contributed by atoms with Crippen LogP contribution in [0.1, 0.15) is 27.2 Å². The Morgan fingerprint density at radius 3 is 1.86 bits per heavy atom. The second kappa shape index (κ2) is 7.10. The van der Waals surface area contributed by atoms with E-state index >= 15 is 0 Å². The molecule has 0 unspecified atom stereocenters. The van der Waals surface area contributed by atoms with E-state index in [-0.39, 0.29) is 32.7 Å². The predicted molar refractivity (Wildman–Crippen MR) is 29.4 cm³/mol. The molecule has 0 atom stereocenters. The van der Waals surface area contributed by atoms with Gasteiger partial charge in [0.1, 0.15) is 0 Å². The molecule has 0 aromatic carbocycles. The van der Waals surface area contributed by atoms with Crippen LogP contribution in [0.15, 0.2) is 0 Å². The van der Waals surface area contributed by atoms with Gasteiger partial charge in [-0.15, -0.1) is 0 Å². The summed E-state index contributed by atoms with van der Waals surface area (Å²) < 4.78 is 0. The number of hydrogen-bond acceptors (Lipinski definition) is 0. The summed E-state index contributed by atoms with van der Waals surface area (Å²) in [6.07, 6.45) is 3.50. The summed E-state index contributed by atoms with van der Waals surface area (Å²) in [5.74, 6) is 0.773. The molecular formula is C6H13Y-. The van der Waals surface area contributed by atoms with E-state index < -0.39 is 0 Å². The average Bonchev–Trinajstić information content (AvgIpc) is 1.35. The van der Waals surface area contributed by atoms with E-state index in [1.807, 2.05) is 0 Å². The smallest absolute Gasteiger partial charge is 0 e. The van der Waals surface area contributed by atoms with Gasteiger partial charge in [0.15, 0.2) is 0 Å². The summed E-state index contributed by atoms with van der Waals surface area (Å²) in [5, 5.41) is 0. The van der Waals surface area contributed by atoms with Crippen LogP contribution in [0.25, 0.3) is 0 Å². The molecule has 0 rings (SSSR count). The van der Waals surface area contributed by atoms with Crippen molar-refractivity contribution in [2.45, 2.75) is 27.2 Å². The SMILES string of the molecule is CC[CH-]C(C)C.[Y]. The Labute approximate surface area is 71.9 Å². The van der Waals surface area contributed by atoms with Gasteiger partial charge in [-0.2, -0.15) is 12.3 Å². The predicted octanol–water partition coefficient (Wildman–Crippen LogP) is 2.25. The zero-order valence-corrected chi connectivity index (χ0v) is 8.28. The third kappa shape index (κ3) is 11.0. The second-order valence-corrected chi connectivity index (χ2v) is 1.89. The summed E-state index contributed by atoms with van der Waals surface area (Å²) in [5.41, 5.74) is 0. The van der Waals surface area contributed by atoms with Crippen LogP contribution in [-0.2, 0) is 32.7 Å². The Hall–Kier alpha value is 1.10. The van der Waals surface area contributed by atoms with Crippen LogP contribution < -0.4 is 0 Å². The molecular weight excluding hydrogens is 161 g/mol. The zero-order valence-electron chi connectivity index (χ0n) is 5.44. The largest absolute Gasteiger partial charge is 0.326 e. The molecule has 1 radical (unpaired) electrons. The minimum atomic E-state index is 0. The molecule has 0 saturated carbocycles. The van der Waals surface area contributed by atoms with Crippen molar-refractivity contribution in [2.75, 3.05) is 0 Å². The van der Waals surface area contributed by atoms with Crippen LogP contribution in [0.2, 0.25) is 0 Å². The quantitative estimate of drug-likeness (QED) is 0.563. The van der Waals surface area contributed by atoms with Gasteiger partial charge in [0.2, 0.25) is 0 Å². The van der Waals surface area contributed by atoms with Crippen molar-refractivity contribution < 1.29 is 32.7 Å². The number of hydrogen-bond donors (Lipinski definition) is 0. The van der Waals surface area contributed by atoms with Crippen LogP contribution in [0.4, 0.5) is 0 Å². The van der Waals surface area contributed by atoms with Gasteiger partial charge in [-0.05, 0) is 0 Å². The molecule has 1 heteroatoms. The van der Waals surface area contributed by atoms with E-state index in [4.69, 9.17) is 0 Å². The van der Waals surface area contributed by atoms with Crippen LogP contribution >= 0.6 is 0 Å². The van der Waals surface area contributed by atoms with Gasteiger partial charge in [0.05, 0.1) is 0 Å². The van der Waals surface area contributed by atoms with E-state index in [1.165, 1.54) is 6.42 Å². The summed E-state index contributed by atoms with van der Waals surface area (Å²) in [7, 11) is 0. The third-order valence-electron chi connectivity index (χ3n) is 0.707. The number of rotatable bonds is 2. The average molecular weight is 174 g/mol. The molecule has 0 aromatic heterocycles. The van der Waals surface area contributed by atoms with Crippen molar-refractivity contribution in [2.24, 2.45) is 5.92 Å². The first-order valence-electron chi connectivity index (χ1n) is 2.60. The fraction of sp³-hybridized carbons (Fsp3) is 0.833. The Kier molecular flexibility index (Phi) is 11.1. The van der Waals surface area contributed by atoms with Gasteiger partial charge >= 0.3 is 0 Å². The summed E-state index contributed by atoms with van der Waals surface area (Å²) in [4.78, 5) is 0. The van der Waals surface area contributed by atoms with Crippen LogP contribution in [0.5, 0.6) is 0 Å². The van der Waals surface area contributed by atoms with Crippen molar-refractivity contribution in [3.63, 3.8) is 0 Å². The second-order valence-electron chi connectivity index (χ2n) is 1.89. The normalized spacial score (nSPS) is 8.57. The van der Waals surface area contributed by atoms with E-state index in [0.29, 0.717) is 0 Å². The first-order valence-corrected chi connectivity index (χ1v) is 2.60. The van der Waals surface area contributed by atoms with Gasteiger partial charge in [0.25, 0.3) is 0 Å². The maximum absolute atomic E-state index is 2.29. The van der Waals surface area contributed by atoms with Crippen LogP contribution in [-0.4, -0.2) is 0 Å². The minimum absolute atomic E-state index is 0. The van der Waals surface area contributed by atoms with E-state index in [0.717, 1.165) is 5.92 Å². The van der Waals surface area contributed by atoms with Gasteiger partial charge in [-0.25, -0.2) is 0 Å². The van der Waals surface area contributed by atoms with Gasteiger partial charge < -0.3 is 6.42 Å². The molecule has 0 aliphatic heterocycles. The molecule has 0 amide bonds. The molecule has 0 spiro atoms.